The summed E-state index contributed by atoms with van der Waals surface area (Å²) in [5.41, 5.74) is 0. The summed E-state index contributed by atoms with van der Waals surface area (Å²) in [5, 5.41) is 0.505. The fourth-order valence-corrected chi connectivity index (χ4v) is 1.60. The summed E-state index contributed by atoms with van der Waals surface area (Å²) in [5.74, 6) is 0.226. The molecule has 0 spiro atoms. The van der Waals surface area contributed by atoms with E-state index in [4.69, 9.17) is 21.1 Å². The predicted molar refractivity (Wildman–Crippen MR) is 65.3 cm³/mol. The highest BCUT2D eigenvalue weighted by atomic mass is 35.5. The first-order chi connectivity index (χ1) is 8.20. The minimum atomic E-state index is -0.574. The molecule has 1 atom stereocenters. The first-order valence-electron chi connectivity index (χ1n) is 5.82. The largest absolute Gasteiger partial charge is 0.477 e. The lowest BCUT2D eigenvalue weighted by atomic mass is 10.2. The second-order valence-electron chi connectivity index (χ2n) is 4.08. The topological polar surface area (TPSA) is 35.5 Å². The SMILES string of the molecule is CCC(Oc1ccccc1Cl)C(=O)OC1CC1. The van der Waals surface area contributed by atoms with Crippen molar-refractivity contribution in [2.45, 2.75) is 38.4 Å². The van der Waals surface area contributed by atoms with Crippen molar-refractivity contribution in [2.24, 2.45) is 0 Å². The molecule has 0 heterocycles. The van der Waals surface area contributed by atoms with Gasteiger partial charge in [0.05, 0.1) is 5.02 Å². The number of carbonyl (C=O) groups excluding carboxylic acids is 1. The first kappa shape index (κ1) is 12.2. The van der Waals surface area contributed by atoms with Crippen molar-refractivity contribution >= 4 is 17.6 Å². The molecule has 3 nitrogen and oxygen atoms in total. The number of esters is 1. The number of carbonyl (C=O) groups is 1. The van der Waals surface area contributed by atoms with Crippen LogP contribution >= 0.6 is 11.6 Å². The molecule has 1 aliphatic rings. The van der Waals surface area contributed by atoms with E-state index in [0.29, 0.717) is 17.2 Å². The molecule has 1 unspecified atom stereocenters. The average molecular weight is 255 g/mol. The van der Waals surface area contributed by atoms with Crippen LogP contribution in [0.5, 0.6) is 5.75 Å². The monoisotopic (exact) mass is 254 g/mol. The van der Waals surface area contributed by atoms with E-state index in [0.717, 1.165) is 12.8 Å². The first-order valence-corrected chi connectivity index (χ1v) is 6.20. The molecule has 92 valence electrons. The van der Waals surface area contributed by atoms with Crippen LogP contribution in [-0.4, -0.2) is 18.2 Å². The van der Waals surface area contributed by atoms with Gasteiger partial charge in [0.1, 0.15) is 11.9 Å². The maximum Gasteiger partial charge on any atom is 0.347 e. The standard InChI is InChI=1S/C13H15ClO3/c1-2-11(13(15)16-9-7-8-9)17-12-6-4-3-5-10(12)14/h3-6,9,11H,2,7-8H2,1H3. The van der Waals surface area contributed by atoms with E-state index in [1.807, 2.05) is 19.1 Å². The van der Waals surface area contributed by atoms with Crippen molar-refractivity contribution in [1.29, 1.82) is 0 Å². The molecule has 1 fully saturated rings. The van der Waals surface area contributed by atoms with Crippen LogP contribution in [0.4, 0.5) is 0 Å². The van der Waals surface area contributed by atoms with Crippen LogP contribution < -0.4 is 4.74 Å². The minimum Gasteiger partial charge on any atom is -0.477 e. The van der Waals surface area contributed by atoms with Gasteiger partial charge in [0.2, 0.25) is 0 Å². The minimum absolute atomic E-state index is 0.103. The van der Waals surface area contributed by atoms with Crippen LogP contribution in [0.25, 0.3) is 0 Å². The Kier molecular flexibility index (Phi) is 3.89. The Morgan fingerprint density at radius 3 is 2.76 bits per heavy atom. The summed E-state index contributed by atoms with van der Waals surface area (Å²) in [7, 11) is 0. The summed E-state index contributed by atoms with van der Waals surface area (Å²) >= 11 is 5.97. The lowest BCUT2D eigenvalue weighted by molar-refractivity contribution is -0.153. The van der Waals surface area contributed by atoms with Gasteiger partial charge in [-0.2, -0.15) is 0 Å². The highest BCUT2D eigenvalue weighted by Gasteiger charge is 2.30. The van der Waals surface area contributed by atoms with Crippen molar-refractivity contribution in [3.8, 4) is 5.75 Å². The van der Waals surface area contributed by atoms with Crippen molar-refractivity contribution in [1.82, 2.24) is 0 Å². The fraction of sp³-hybridized carbons (Fsp3) is 0.462. The van der Waals surface area contributed by atoms with Gasteiger partial charge in [-0.15, -0.1) is 0 Å². The van der Waals surface area contributed by atoms with Crippen molar-refractivity contribution in [3.05, 3.63) is 29.3 Å². The molecule has 17 heavy (non-hydrogen) atoms. The van der Waals surface area contributed by atoms with E-state index >= 15 is 0 Å². The number of rotatable bonds is 5. The van der Waals surface area contributed by atoms with Crippen LogP contribution in [0, 0.1) is 0 Å². The molecular weight excluding hydrogens is 240 g/mol. The van der Waals surface area contributed by atoms with Crippen molar-refractivity contribution in [2.75, 3.05) is 0 Å². The smallest absolute Gasteiger partial charge is 0.347 e. The zero-order chi connectivity index (χ0) is 12.3. The second-order valence-corrected chi connectivity index (χ2v) is 4.49. The molecule has 0 saturated heterocycles. The van der Waals surface area contributed by atoms with Crippen molar-refractivity contribution < 1.29 is 14.3 Å². The van der Waals surface area contributed by atoms with Crippen LogP contribution in [0.3, 0.4) is 0 Å². The molecule has 0 N–H and O–H groups in total. The molecule has 1 aromatic carbocycles. The van der Waals surface area contributed by atoms with Crippen molar-refractivity contribution in [3.63, 3.8) is 0 Å². The maximum absolute atomic E-state index is 11.8. The molecule has 0 bridgehead atoms. The number of hydrogen-bond donors (Lipinski definition) is 0. The Balaban J connectivity index is 1.98. The van der Waals surface area contributed by atoms with E-state index in [9.17, 15) is 4.79 Å². The Morgan fingerprint density at radius 1 is 1.47 bits per heavy atom. The molecule has 1 aromatic rings. The number of hydrogen-bond acceptors (Lipinski definition) is 3. The van der Waals surface area contributed by atoms with Gasteiger partial charge in [0.15, 0.2) is 6.10 Å². The van der Waals surface area contributed by atoms with Gasteiger partial charge >= 0.3 is 5.97 Å². The zero-order valence-corrected chi connectivity index (χ0v) is 10.4. The van der Waals surface area contributed by atoms with Crippen LogP contribution in [0.1, 0.15) is 26.2 Å². The number of ether oxygens (including phenoxy) is 2. The van der Waals surface area contributed by atoms with E-state index in [2.05, 4.69) is 0 Å². The molecule has 1 aliphatic carbocycles. The third kappa shape index (κ3) is 3.37. The lowest BCUT2D eigenvalue weighted by Crippen LogP contribution is -2.29. The van der Waals surface area contributed by atoms with E-state index in [1.165, 1.54) is 0 Å². The van der Waals surface area contributed by atoms with E-state index in [-0.39, 0.29) is 12.1 Å². The predicted octanol–water partition coefficient (Wildman–Crippen LogP) is 3.20. The van der Waals surface area contributed by atoms with E-state index in [1.54, 1.807) is 12.1 Å². The number of benzene rings is 1. The summed E-state index contributed by atoms with van der Waals surface area (Å²) < 4.78 is 10.8. The normalized spacial score (nSPS) is 16.4. The molecule has 0 amide bonds. The second kappa shape index (κ2) is 5.41. The molecule has 0 aromatic heterocycles. The van der Waals surface area contributed by atoms with Crippen LogP contribution in [-0.2, 0) is 9.53 Å². The highest BCUT2D eigenvalue weighted by Crippen LogP contribution is 2.27. The van der Waals surface area contributed by atoms with Gasteiger partial charge in [-0.1, -0.05) is 30.7 Å². The molecular formula is C13H15ClO3. The number of halogens is 1. The Labute approximate surface area is 106 Å². The highest BCUT2D eigenvalue weighted by molar-refractivity contribution is 6.32. The fourth-order valence-electron chi connectivity index (χ4n) is 1.42. The maximum atomic E-state index is 11.8. The summed E-state index contributed by atoms with van der Waals surface area (Å²) in [6.45, 7) is 1.88. The van der Waals surface area contributed by atoms with Crippen LogP contribution in [0.15, 0.2) is 24.3 Å². The van der Waals surface area contributed by atoms with Crippen LogP contribution in [0.2, 0.25) is 5.02 Å². The van der Waals surface area contributed by atoms with Gasteiger partial charge in [-0.05, 0) is 31.4 Å². The third-order valence-electron chi connectivity index (χ3n) is 2.55. The summed E-state index contributed by atoms with van der Waals surface area (Å²) in [6.07, 6.45) is 2.03. The van der Waals surface area contributed by atoms with E-state index < -0.39 is 6.10 Å². The third-order valence-corrected chi connectivity index (χ3v) is 2.86. The summed E-state index contributed by atoms with van der Waals surface area (Å²) in [4.78, 5) is 11.8. The number of para-hydroxylation sites is 1. The molecule has 2 rings (SSSR count). The summed E-state index contributed by atoms with van der Waals surface area (Å²) in [6, 6.07) is 7.12. The average Bonchev–Trinajstić information content (AvgIpc) is 3.11. The quantitative estimate of drug-likeness (QED) is 0.757. The van der Waals surface area contributed by atoms with Gasteiger partial charge in [-0.3, -0.25) is 0 Å². The van der Waals surface area contributed by atoms with Gasteiger partial charge in [0, 0.05) is 0 Å². The zero-order valence-electron chi connectivity index (χ0n) is 9.69. The Bertz CT molecular complexity index is 401. The lowest BCUT2D eigenvalue weighted by Gasteiger charge is -2.17. The molecule has 1 saturated carbocycles. The van der Waals surface area contributed by atoms with Gasteiger partial charge in [-0.25, -0.2) is 4.79 Å². The molecule has 4 heteroatoms. The Hall–Kier alpha value is -1.22. The van der Waals surface area contributed by atoms with Gasteiger partial charge in [0.25, 0.3) is 0 Å². The van der Waals surface area contributed by atoms with Gasteiger partial charge < -0.3 is 9.47 Å². The Morgan fingerprint density at radius 2 is 2.18 bits per heavy atom. The molecule has 0 aliphatic heterocycles. The molecule has 0 radical (unpaired) electrons.